The number of likely N-dealkylation sites (tertiary alicyclic amines) is 1. The van der Waals surface area contributed by atoms with Crippen LogP contribution in [0.5, 0.6) is 0 Å². The van der Waals surface area contributed by atoms with E-state index in [1.54, 1.807) is 23.6 Å². The van der Waals surface area contributed by atoms with Gasteiger partial charge in [-0.25, -0.2) is 0 Å². The number of benzene rings is 1. The number of aliphatic hydroxyl groups is 1. The number of hydrogen-bond acceptors (Lipinski definition) is 5. The highest BCUT2D eigenvalue weighted by Gasteiger charge is 2.74. The van der Waals surface area contributed by atoms with Gasteiger partial charge in [0.05, 0.1) is 29.2 Å². The van der Waals surface area contributed by atoms with Crippen LogP contribution >= 0.6 is 11.8 Å². The van der Waals surface area contributed by atoms with Gasteiger partial charge < -0.3 is 20.6 Å². The Morgan fingerprint density at radius 1 is 1.24 bits per heavy atom. The van der Waals surface area contributed by atoms with Gasteiger partial charge in [0.2, 0.25) is 17.7 Å². The van der Waals surface area contributed by atoms with Crippen molar-refractivity contribution in [3.63, 3.8) is 0 Å². The number of carbonyl (C=O) groups is 3. The molecule has 3 fully saturated rings. The van der Waals surface area contributed by atoms with Gasteiger partial charge >= 0.3 is 0 Å². The quantitative estimate of drug-likeness (QED) is 0.510. The van der Waals surface area contributed by atoms with E-state index in [2.05, 4.69) is 17.6 Å². The second-order valence-electron chi connectivity index (χ2n) is 9.73. The average molecular weight is 474 g/mol. The molecule has 0 aromatic heterocycles. The topological polar surface area (TPSA) is 98.7 Å². The zero-order valence-electron chi connectivity index (χ0n) is 19.6. The molecule has 3 unspecified atom stereocenters. The Morgan fingerprint density at radius 2 is 1.97 bits per heavy atom. The summed E-state index contributed by atoms with van der Waals surface area (Å²) >= 11 is 1.65. The second kappa shape index (κ2) is 9.66. The maximum Gasteiger partial charge on any atom is 0.244 e. The normalized spacial score (nSPS) is 31.9. The van der Waals surface area contributed by atoms with E-state index < -0.39 is 28.7 Å². The molecule has 3 heterocycles. The Kier molecular flexibility index (Phi) is 7.05. The van der Waals surface area contributed by atoms with Gasteiger partial charge in [0, 0.05) is 17.8 Å². The van der Waals surface area contributed by atoms with Gasteiger partial charge in [0.25, 0.3) is 0 Å². The molecule has 1 aromatic rings. The van der Waals surface area contributed by atoms with E-state index in [1.165, 1.54) is 0 Å². The molecule has 0 radical (unpaired) electrons. The Bertz CT molecular complexity index is 897. The number of nitrogens with one attached hydrogen (secondary N) is 2. The van der Waals surface area contributed by atoms with Crippen molar-refractivity contribution in [3.05, 3.63) is 35.9 Å². The standard InChI is InChI=1S/C25H35N3O4S/c1-4-8-15(2)27-23(31)21-25-12-11-18(33-25)19(20(25)24(32)28(21)16(3)14-29)22(30)26-13-17-9-6-5-7-10-17/h5-7,9-10,15-16,18-21,29H,4,8,11-14H2,1-3H3,(H,26,30)(H,27,31)/t15?,16-,18+,19-,20+,21?,25?/m1/s1. The molecule has 3 amide bonds. The lowest BCUT2D eigenvalue weighted by molar-refractivity contribution is -0.142. The first-order chi connectivity index (χ1) is 15.8. The second-order valence-corrected chi connectivity index (χ2v) is 11.3. The highest BCUT2D eigenvalue weighted by Crippen LogP contribution is 2.66. The van der Waals surface area contributed by atoms with Gasteiger partial charge in [-0.1, -0.05) is 43.7 Å². The monoisotopic (exact) mass is 473 g/mol. The molecule has 3 saturated heterocycles. The summed E-state index contributed by atoms with van der Waals surface area (Å²) in [7, 11) is 0. The first-order valence-electron chi connectivity index (χ1n) is 12.1. The highest BCUT2D eigenvalue weighted by molar-refractivity contribution is 8.02. The molecular formula is C25H35N3O4S. The Labute approximate surface area is 200 Å². The van der Waals surface area contributed by atoms with Crippen molar-refractivity contribution in [3.8, 4) is 0 Å². The van der Waals surface area contributed by atoms with E-state index in [4.69, 9.17) is 0 Å². The van der Waals surface area contributed by atoms with E-state index in [9.17, 15) is 19.5 Å². The Hall–Kier alpha value is -2.06. The van der Waals surface area contributed by atoms with E-state index in [1.807, 2.05) is 37.3 Å². The molecule has 1 aromatic carbocycles. The summed E-state index contributed by atoms with van der Waals surface area (Å²) < 4.78 is -0.615. The van der Waals surface area contributed by atoms with E-state index in [-0.39, 0.29) is 35.6 Å². The molecule has 2 bridgehead atoms. The molecular weight excluding hydrogens is 438 g/mol. The molecule has 7 atom stereocenters. The lowest BCUT2D eigenvalue weighted by Gasteiger charge is -2.36. The maximum absolute atomic E-state index is 13.7. The summed E-state index contributed by atoms with van der Waals surface area (Å²) in [6, 6.07) is 8.57. The summed E-state index contributed by atoms with van der Waals surface area (Å²) in [5.41, 5.74) is 1.01. The SMILES string of the molecule is CCCC(C)NC(=O)C1N([C@H](C)CO)C(=O)[C@@H]2[C@H](C(=O)NCc3ccccc3)[C@@H]3CCC12S3. The third-order valence-corrected chi connectivity index (χ3v) is 9.40. The van der Waals surface area contributed by atoms with E-state index in [0.717, 1.165) is 31.2 Å². The first-order valence-corrected chi connectivity index (χ1v) is 12.9. The lowest BCUT2D eigenvalue weighted by Crippen LogP contribution is -2.57. The summed E-state index contributed by atoms with van der Waals surface area (Å²) in [5.74, 6) is -1.45. The zero-order chi connectivity index (χ0) is 23.8. The zero-order valence-corrected chi connectivity index (χ0v) is 20.4. The number of aliphatic hydroxyl groups excluding tert-OH is 1. The van der Waals surface area contributed by atoms with Crippen molar-refractivity contribution in [2.45, 2.75) is 81.1 Å². The minimum absolute atomic E-state index is 0.00732. The largest absolute Gasteiger partial charge is 0.394 e. The number of carbonyl (C=O) groups excluding carboxylic acids is 3. The van der Waals surface area contributed by atoms with Gasteiger partial charge in [-0.15, -0.1) is 11.8 Å². The fraction of sp³-hybridized carbons (Fsp3) is 0.640. The predicted molar refractivity (Wildman–Crippen MR) is 128 cm³/mol. The van der Waals surface area contributed by atoms with Gasteiger partial charge in [-0.05, 0) is 38.7 Å². The number of thioether (sulfide) groups is 1. The lowest BCUT2D eigenvalue weighted by atomic mass is 9.70. The maximum atomic E-state index is 13.7. The smallest absolute Gasteiger partial charge is 0.244 e. The van der Waals surface area contributed by atoms with E-state index >= 15 is 0 Å². The van der Waals surface area contributed by atoms with Crippen molar-refractivity contribution >= 4 is 29.5 Å². The van der Waals surface area contributed by atoms with Gasteiger partial charge in [0.1, 0.15) is 6.04 Å². The predicted octanol–water partition coefficient (Wildman–Crippen LogP) is 2.08. The Morgan fingerprint density at radius 3 is 2.64 bits per heavy atom. The number of nitrogens with zero attached hydrogens (tertiary/aromatic N) is 1. The summed E-state index contributed by atoms with van der Waals surface area (Å²) in [5, 5.41) is 16.1. The summed E-state index contributed by atoms with van der Waals surface area (Å²) in [6.45, 7) is 6.02. The van der Waals surface area contributed by atoms with Gasteiger partial charge in [0.15, 0.2) is 0 Å². The van der Waals surface area contributed by atoms with Crippen LogP contribution in [0.25, 0.3) is 0 Å². The van der Waals surface area contributed by atoms with Crippen LogP contribution in [0.3, 0.4) is 0 Å². The summed E-state index contributed by atoms with van der Waals surface area (Å²) in [6.07, 6.45) is 3.36. The van der Waals surface area contributed by atoms with Crippen molar-refractivity contribution in [2.24, 2.45) is 11.8 Å². The van der Waals surface area contributed by atoms with Crippen molar-refractivity contribution in [1.82, 2.24) is 15.5 Å². The molecule has 0 aliphatic carbocycles. The number of fused-ring (bicyclic) bond motifs is 1. The molecule has 1 spiro atoms. The molecule has 3 N–H and O–H groups in total. The fourth-order valence-electron chi connectivity index (χ4n) is 5.98. The Balaban J connectivity index is 1.60. The molecule has 180 valence electrons. The average Bonchev–Trinajstić information content (AvgIpc) is 3.45. The van der Waals surface area contributed by atoms with Crippen LogP contribution in [0.15, 0.2) is 30.3 Å². The van der Waals surface area contributed by atoms with Crippen LogP contribution in [-0.2, 0) is 20.9 Å². The van der Waals surface area contributed by atoms with Crippen molar-refractivity contribution < 1.29 is 19.5 Å². The molecule has 4 rings (SSSR count). The van der Waals surface area contributed by atoms with E-state index in [0.29, 0.717) is 6.54 Å². The third kappa shape index (κ3) is 4.16. The van der Waals surface area contributed by atoms with Crippen LogP contribution in [0.1, 0.15) is 52.0 Å². The number of rotatable bonds is 9. The molecule has 3 aliphatic rings. The van der Waals surface area contributed by atoms with Crippen LogP contribution in [0, 0.1) is 11.8 Å². The molecule has 0 saturated carbocycles. The van der Waals surface area contributed by atoms with Crippen LogP contribution in [0.2, 0.25) is 0 Å². The number of amides is 3. The van der Waals surface area contributed by atoms with Gasteiger partial charge in [-0.3, -0.25) is 14.4 Å². The van der Waals surface area contributed by atoms with Gasteiger partial charge in [-0.2, -0.15) is 0 Å². The van der Waals surface area contributed by atoms with Crippen LogP contribution < -0.4 is 10.6 Å². The third-order valence-electron chi connectivity index (χ3n) is 7.45. The van der Waals surface area contributed by atoms with Crippen molar-refractivity contribution in [1.29, 1.82) is 0 Å². The van der Waals surface area contributed by atoms with Crippen molar-refractivity contribution in [2.75, 3.05) is 6.61 Å². The first kappa shape index (κ1) is 24.1. The minimum Gasteiger partial charge on any atom is -0.394 e. The van der Waals surface area contributed by atoms with Crippen LogP contribution in [0.4, 0.5) is 0 Å². The number of hydrogen-bond donors (Lipinski definition) is 3. The molecule has 7 nitrogen and oxygen atoms in total. The highest BCUT2D eigenvalue weighted by atomic mass is 32.2. The molecule has 3 aliphatic heterocycles. The fourth-order valence-corrected chi connectivity index (χ4v) is 8.19. The summed E-state index contributed by atoms with van der Waals surface area (Å²) in [4.78, 5) is 42.2. The van der Waals surface area contributed by atoms with Crippen LogP contribution in [-0.4, -0.2) is 62.5 Å². The molecule has 8 heteroatoms. The minimum atomic E-state index is -0.668. The molecule has 33 heavy (non-hydrogen) atoms.